The van der Waals surface area contributed by atoms with Gasteiger partial charge in [-0.25, -0.2) is 0 Å². The predicted molar refractivity (Wildman–Crippen MR) is 51.3 cm³/mol. The summed E-state index contributed by atoms with van der Waals surface area (Å²) in [6, 6.07) is 9.73. The summed E-state index contributed by atoms with van der Waals surface area (Å²) in [6.07, 6.45) is 1.06. The molecule has 0 bridgehead atoms. The lowest BCUT2D eigenvalue weighted by atomic mass is 10.1. The maximum absolute atomic E-state index is 8.67. The first-order valence-electron chi connectivity index (χ1n) is 4.28. The molecule has 0 aliphatic heterocycles. The molecule has 1 aromatic carbocycles. The summed E-state index contributed by atoms with van der Waals surface area (Å²) in [6.45, 7) is 2.01. The summed E-state index contributed by atoms with van der Waals surface area (Å²) in [4.78, 5) is 0. The number of rotatable bonds is 3. The van der Waals surface area contributed by atoms with E-state index in [1.807, 2.05) is 25.1 Å². The topological polar surface area (TPSA) is 33.0 Å². The Kier molecular flexibility index (Phi) is 3.48. The number of hydrogen-bond donors (Lipinski definition) is 0. The van der Waals surface area contributed by atoms with Gasteiger partial charge in [-0.15, -0.1) is 0 Å². The molecule has 0 aliphatic rings. The molecule has 1 rings (SSSR count). The zero-order chi connectivity index (χ0) is 9.68. The molecule has 0 spiro atoms. The number of nitriles is 1. The maximum atomic E-state index is 8.67. The van der Waals surface area contributed by atoms with Gasteiger partial charge in [0.2, 0.25) is 0 Å². The molecule has 0 aromatic heterocycles. The van der Waals surface area contributed by atoms with Crippen molar-refractivity contribution in [3.05, 3.63) is 35.4 Å². The highest BCUT2D eigenvalue weighted by Gasteiger charge is 2.01. The normalized spacial score (nSPS) is 12.1. The highest BCUT2D eigenvalue weighted by molar-refractivity contribution is 5.32. The quantitative estimate of drug-likeness (QED) is 0.705. The molecule has 1 aromatic rings. The highest BCUT2D eigenvalue weighted by atomic mass is 16.5. The molecule has 2 nitrogen and oxygen atoms in total. The van der Waals surface area contributed by atoms with Crippen LogP contribution in [-0.2, 0) is 11.2 Å². The molecule has 0 heterocycles. The standard InChI is InChI=1S/C11H13NO/c1-9(13-2)6-10-4-3-5-11(7-10)8-12/h3-5,7,9H,6H2,1-2H3. The Hall–Kier alpha value is -1.33. The average molecular weight is 175 g/mol. The molecule has 0 fully saturated rings. The Labute approximate surface area is 78.8 Å². The van der Waals surface area contributed by atoms with Crippen LogP contribution in [0.3, 0.4) is 0 Å². The van der Waals surface area contributed by atoms with Crippen molar-refractivity contribution >= 4 is 0 Å². The Morgan fingerprint density at radius 3 is 2.92 bits per heavy atom. The van der Waals surface area contributed by atoms with Crippen molar-refractivity contribution in [1.82, 2.24) is 0 Å². The van der Waals surface area contributed by atoms with E-state index < -0.39 is 0 Å². The summed E-state index contributed by atoms with van der Waals surface area (Å²) in [5.74, 6) is 0. The lowest BCUT2D eigenvalue weighted by Gasteiger charge is -2.08. The van der Waals surface area contributed by atoms with Gasteiger partial charge in [0.15, 0.2) is 0 Å². The molecule has 0 N–H and O–H groups in total. The Bertz CT molecular complexity index is 314. The molecule has 0 saturated heterocycles. The van der Waals surface area contributed by atoms with Gasteiger partial charge < -0.3 is 4.74 Å². The van der Waals surface area contributed by atoms with Crippen LogP contribution in [0.5, 0.6) is 0 Å². The second-order valence-electron chi connectivity index (χ2n) is 3.06. The Morgan fingerprint density at radius 2 is 2.31 bits per heavy atom. The van der Waals surface area contributed by atoms with Crippen molar-refractivity contribution in [2.45, 2.75) is 19.4 Å². The van der Waals surface area contributed by atoms with Crippen LogP contribution in [0.25, 0.3) is 0 Å². The summed E-state index contributed by atoms with van der Waals surface area (Å²) in [5, 5.41) is 8.67. The Balaban J connectivity index is 2.73. The molecule has 1 unspecified atom stereocenters. The van der Waals surface area contributed by atoms with E-state index in [0.29, 0.717) is 5.56 Å². The molecule has 1 atom stereocenters. The van der Waals surface area contributed by atoms with Crippen LogP contribution in [0, 0.1) is 11.3 Å². The fourth-order valence-electron chi connectivity index (χ4n) is 1.18. The third-order valence-electron chi connectivity index (χ3n) is 1.98. The number of benzene rings is 1. The van der Waals surface area contributed by atoms with E-state index >= 15 is 0 Å². The number of methoxy groups -OCH3 is 1. The molecule has 13 heavy (non-hydrogen) atoms. The Morgan fingerprint density at radius 1 is 1.54 bits per heavy atom. The van der Waals surface area contributed by atoms with E-state index in [1.54, 1.807) is 13.2 Å². The van der Waals surface area contributed by atoms with Crippen molar-refractivity contribution in [3.63, 3.8) is 0 Å². The molecular weight excluding hydrogens is 162 g/mol. The molecular formula is C11H13NO. The number of hydrogen-bond acceptors (Lipinski definition) is 2. The minimum Gasteiger partial charge on any atom is -0.381 e. The first kappa shape index (κ1) is 9.76. The van der Waals surface area contributed by atoms with Gasteiger partial charge >= 0.3 is 0 Å². The second kappa shape index (κ2) is 4.64. The second-order valence-corrected chi connectivity index (χ2v) is 3.06. The number of ether oxygens (including phenoxy) is 1. The van der Waals surface area contributed by atoms with Crippen LogP contribution in [0.2, 0.25) is 0 Å². The van der Waals surface area contributed by atoms with E-state index in [1.165, 1.54) is 0 Å². The molecule has 0 amide bonds. The van der Waals surface area contributed by atoms with Gasteiger partial charge in [0.1, 0.15) is 0 Å². The molecule has 0 aliphatic carbocycles. The van der Waals surface area contributed by atoms with E-state index in [0.717, 1.165) is 12.0 Å². The van der Waals surface area contributed by atoms with Gasteiger partial charge in [-0.3, -0.25) is 0 Å². The summed E-state index contributed by atoms with van der Waals surface area (Å²) < 4.78 is 5.14. The van der Waals surface area contributed by atoms with Crippen molar-refractivity contribution in [2.24, 2.45) is 0 Å². The zero-order valence-corrected chi connectivity index (χ0v) is 7.95. The first-order chi connectivity index (χ1) is 6.26. The minimum atomic E-state index is 0.203. The van der Waals surface area contributed by atoms with Crippen LogP contribution in [0.1, 0.15) is 18.1 Å². The molecule has 0 saturated carbocycles. The molecule has 0 radical (unpaired) electrons. The monoisotopic (exact) mass is 175 g/mol. The van der Waals surface area contributed by atoms with Gasteiger partial charge in [-0.05, 0) is 31.0 Å². The lowest BCUT2D eigenvalue weighted by molar-refractivity contribution is 0.119. The summed E-state index contributed by atoms with van der Waals surface area (Å²) in [7, 11) is 1.69. The first-order valence-corrected chi connectivity index (χ1v) is 4.28. The molecule has 2 heteroatoms. The maximum Gasteiger partial charge on any atom is 0.0991 e. The number of nitrogens with zero attached hydrogens (tertiary/aromatic N) is 1. The van der Waals surface area contributed by atoms with Gasteiger partial charge in [0.05, 0.1) is 17.7 Å². The van der Waals surface area contributed by atoms with E-state index in [-0.39, 0.29) is 6.10 Å². The fraction of sp³-hybridized carbons (Fsp3) is 0.364. The SMILES string of the molecule is COC(C)Cc1cccc(C#N)c1. The van der Waals surface area contributed by atoms with Crippen LogP contribution in [0.4, 0.5) is 0 Å². The van der Waals surface area contributed by atoms with Gasteiger partial charge in [-0.1, -0.05) is 12.1 Å². The van der Waals surface area contributed by atoms with Crippen molar-refractivity contribution in [1.29, 1.82) is 5.26 Å². The van der Waals surface area contributed by atoms with E-state index in [4.69, 9.17) is 10.00 Å². The van der Waals surface area contributed by atoms with Crippen molar-refractivity contribution in [2.75, 3.05) is 7.11 Å². The summed E-state index contributed by atoms with van der Waals surface area (Å²) in [5.41, 5.74) is 1.86. The van der Waals surface area contributed by atoms with Crippen LogP contribution in [0.15, 0.2) is 24.3 Å². The zero-order valence-electron chi connectivity index (χ0n) is 7.95. The van der Waals surface area contributed by atoms with Gasteiger partial charge in [-0.2, -0.15) is 5.26 Å². The van der Waals surface area contributed by atoms with Crippen LogP contribution in [-0.4, -0.2) is 13.2 Å². The van der Waals surface area contributed by atoms with Crippen molar-refractivity contribution in [3.8, 4) is 6.07 Å². The van der Waals surface area contributed by atoms with Crippen LogP contribution >= 0.6 is 0 Å². The predicted octanol–water partition coefficient (Wildman–Crippen LogP) is 2.14. The third kappa shape index (κ3) is 2.89. The molecule has 68 valence electrons. The van der Waals surface area contributed by atoms with Gasteiger partial charge in [0.25, 0.3) is 0 Å². The third-order valence-corrected chi connectivity index (χ3v) is 1.98. The lowest BCUT2D eigenvalue weighted by Crippen LogP contribution is -2.08. The van der Waals surface area contributed by atoms with E-state index in [9.17, 15) is 0 Å². The van der Waals surface area contributed by atoms with Gasteiger partial charge in [0, 0.05) is 7.11 Å². The smallest absolute Gasteiger partial charge is 0.0991 e. The van der Waals surface area contributed by atoms with Crippen LogP contribution < -0.4 is 0 Å². The van der Waals surface area contributed by atoms with Crippen molar-refractivity contribution < 1.29 is 4.74 Å². The minimum absolute atomic E-state index is 0.203. The average Bonchev–Trinajstić information content (AvgIpc) is 2.18. The fourth-order valence-corrected chi connectivity index (χ4v) is 1.18. The van der Waals surface area contributed by atoms with E-state index in [2.05, 4.69) is 6.07 Å². The summed E-state index contributed by atoms with van der Waals surface area (Å²) >= 11 is 0. The largest absolute Gasteiger partial charge is 0.381 e. The highest BCUT2D eigenvalue weighted by Crippen LogP contribution is 2.07.